The van der Waals surface area contributed by atoms with Crippen molar-refractivity contribution in [3.8, 4) is 5.75 Å². The first kappa shape index (κ1) is 18.6. The lowest BCUT2D eigenvalue weighted by atomic mass is 10.2. The third-order valence-corrected chi connectivity index (χ3v) is 5.83. The van der Waals surface area contributed by atoms with Gasteiger partial charge in [-0.1, -0.05) is 0 Å². The van der Waals surface area contributed by atoms with Gasteiger partial charge in [-0.15, -0.1) is 22.7 Å². The van der Waals surface area contributed by atoms with Crippen LogP contribution < -0.4 is 4.74 Å². The molecule has 0 saturated heterocycles. The number of hydrogen-bond acceptors (Lipinski definition) is 7. The highest BCUT2D eigenvalue weighted by Gasteiger charge is 2.22. The number of ether oxygens (including phenoxy) is 2. The predicted molar refractivity (Wildman–Crippen MR) is 104 cm³/mol. The standard InChI is InChI=1S/C18H20N2O4S2/c1-10(2)20(8-16(22)23-4)15(21)9-24-13-7-14-17(19-11(3)26-14)18-12(13)5-6-25-18/h5-7,10H,8-9H2,1-4H3. The molecule has 3 rings (SSSR count). The summed E-state index contributed by atoms with van der Waals surface area (Å²) in [6, 6.07) is 3.78. The molecule has 0 fully saturated rings. The quantitative estimate of drug-likeness (QED) is 0.600. The molecule has 2 heterocycles. The number of aryl methyl sites for hydroxylation is 1. The van der Waals surface area contributed by atoms with Crippen molar-refractivity contribution < 1.29 is 19.1 Å². The Morgan fingerprint density at radius 2 is 2.12 bits per heavy atom. The number of esters is 1. The molecule has 0 N–H and O–H groups in total. The zero-order chi connectivity index (χ0) is 18.8. The molecule has 138 valence electrons. The van der Waals surface area contributed by atoms with Gasteiger partial charge in [0.2, 0.25) is 0 Å². The van der Waals surface area contributed by atoms with Gasteiger partial charge in [-0.05, 0) is 32.2 Å². The molecule has 0 aliphatic heterocycles. The van der Waals surface area contributed by atoms with E-state index in [1.54, 1.807) is 22.7 Å². The lowest BCUT2D eigenvalue weighted by Crippen LogP contribution is -2.43. The largest absolute Gasteiger partial charge is 0.483 e. The number of rotatable bonds is 6. The summed E-state index contributed by atoms with van der Waals surface area (Å²) in [4.78, 5) is 30.1. The van der Waals surface area contributed by atoms with Crippen molar-refractivity contribution in [1.82, 2.24) is 9.88 Å². The van der Waals surface area contributed by atoms with Gasteiger partial charge >= 0.3 is 5.97 Å². The summed E-state index contributed by atoms with van der Waals surface area (Å²) >= 11 is 3.21. The third-order valence-electron chi connectivity index (χ3n) is 3.99. The van der Waals surface area contributed by atoms with Crippen molar-refractivity contribution in [3.63, 3.8) is 0 Å². The van der Waals surface area contributed by atoms with E-state index >= 15 is 0 Å². The first-order valence-electron chi connectivity index (χ1n) is 8.17. The summed E-state index contributed by atoms with van der Waals surface area (Å²) in [7, 11) is 1.31. The van der Waals surface area contributed by atoms with Crippen molar-refractivity contribution in [3.05, 3.63) is 22.5 Å². The lowest BCUT2D eigenvalue weighted by molar-refractivity contribution is -0.148. The minimum absolute atomic E-state index is 0.0860. The Kier molecular flexibility index (Phi) is 5.43. The molecular formula is C18H20N2O4S2. The van der Waals surface area contributed by atoms with E-state index in [0.717, 1.165) is 25.3 Å². The molecule has 0 aliphatic rings. The molecule has 8 heteroatoms. The van der Waals surface area contributed by atoms with Crippen LogP contribution in [0.2, 0.25) is 0 Å². The number of nitrogens with zero attached hydrogens (tertiary/aromatic N) is 2. The summed E-state index contributed by atoms with van der Waals surface area (Å²) in [5, 5.41) is 3.93. The van der Waals surface area contributed by atoms with E-state index in [9.17, 15) is 9.59 Å². The van der Waals surface area contributed by atoms with Crippen LogP contribution in [0.25, 0.3) is 20.3 Å². The Morgan fingerprint density at radius 3 is 2.81 bits per heavy atom. The second-order valence-electron chi connectivity index (χ2n) is 6.10. The van der Waals surface area contributed by atoms with E-state index in [4.69, 9.17) is 4.74 Å². The van der Waals surface area contributed by atoms with Crippen molar-refractivity contribution >= 4 is 54.9 Å². The Bertz CT molecular complexity index is 961. The summed E-state index contributed by atoms with van der Waals surface area (Å²) in [5.41, 5.74) is 0.977. The van der Waals surface area contributed by atoms with E-state index in [-0.39, 0.29) is 25.1 Å². The molecule has 0 bridgehead atoms. The normalized spacial score (nSPS) is 11.3. The van der Waals surface area contributed by atoms with Crippen LogP contribution in [-0.4, -0.2) is 48.1 Å². The molecule has 0 saturated carbocycles. The third kappa shape index (κ3) is 3.66. The Hall–Kier alpha value is -2.19. The van der Waals surface area contributed by atoms with Crippen LogP contribution in [0, 0.1) is 6.92 Å². The maximum Gasteiger partial charge on any atom is 0.325 e. The Morgan fingerprint density at radius 1 is 1.35 bits per heavy atom. The second-order valence-corrected chi connectivity index (χ2v) is 8.25. The number of hydrogen-bond donors (Lipinski definition) is 0. The molecule has 0 spiro atoms. The number of thiophene rings is 1. The minimum Gasteiger partial charge on any atom is -0.483 e. The molecule has 0 radical (unpaired) electrons. The van der Waals surface area contributed by atoms with Gasteiger partial charge in [-0.25, -0.2) is 4.98 Å². The highest BCUT2D eigenvalue weighted by atomic mass is 32.1. The fourth-order valence-electron chi connectivity index (χ4n) is 2.69. The monoisotopic (exact) mass is 392 g/mol. The summed E-state index contributed by atoms with van der Waals surface area (Å²) in [5.74, 6) is -0.0456. The first-order chi connectivity index (χ1) is 12.4. The van der Waals surface area contributed by atoms with Crippen LogP contribution in [0.5, 0.6) is 5.75 Å². The number of thiazole rings is 1. The lowest BCUT2D eigenvalue weighted by Gasteiger charge is -2.25. The molecule has 26 heavy (non-hydrogen) atoms. The fourth-order valence-corrected chi connectivity index (χ4v) is 4.52. The van der Waals surface area contributed by atoms with Gasteiger partial charge in [-0.2, -0.15) is 0 Å². The summed E-state index contributed by atoms with van der Waals surface area (Å²) in [6.45, 7) is 5.45. The highest BCUT2D eigenvalue weighted by Crippen LogP contribution is 2.38. The number of amides is 1. The Labute approximate surface area is 159 Å². The molecule has 0 unspecified atom stereocenters. The maximum absolute atomic E-state index is 12.5. The second kappa shape index (κ2) is 7.59. The van der Waals surface area contributed by atoms with Crippen LogP contribution in [0.15, 0.2) is 17.5 Å². The predicted octanol–water partition coefficient (Wildman–Crippen LogP) is 3.61. The molecular weight excluding hydrogens is 372 g/mol. The van der Waals surface area contributed by atoms with E-state index in [1.807, 2.05) is 38.3 Å². The van der Waals surface area contributed by atoms with E-state index in [2.05, 4.69) is 9.72 Å². The number of benzene rings is 1. The summed E-state index contributed by atoms with van der Waals surface area (Å²) in [6.07, 6.45) is 0. The van der Waals surface area contributed by atoms with E-state index < -0.39 is 5.97 Å². The van der Waals surface area contributed by atoms with Crippen LogP contribution in [-0.2, 0) is 14.3 Å². The van der Waals surface area contributed by atoms with Crippen molar-refractivity contribution in [1.29, 1.82) is 0 Å². The van der Waals surface area contributed by atoms with Crippen LogP contribution in [0.1, 0.15) is 18.9 Å². The average molecular weight is 393 g/mol. The zero-order valence-electron chi connectivity index (χ0n) is 15.1. The number of aromatic nitrogens is 1. The molecule has 0 aliphatic carbocycles. The number of carbonyl (C=O) groups is 2. The minimum atomic E-state index is -0.450. The topological polar surface area (TPSA) is 68.7 Å². The van der Waals surface area contributed by atoms with E-state index in [0.29, 0.717) is 5.75 Å². The summed E-state index contributed by atoms with van der Waals surface area (Å²) < 4.78 is 12.6. The van der Waals surface area contributed by atoms with Gasteiger partial charge in [-0.3, -0.25) is 9.59 Å². The fraction of sp³-hybridized carbons (Fsp3) is 0.389. The number of methoxy groups -OCH3 is 1. The smallest absolute Gasteiger partial charge is 0.325 e. The number of fused-ring (bicyclic) bond motifs is 3. The Balaban J connectivity index is 1.82. The highest BCUT2D eigenvalue weighted by molar-refractivity contribution is 7.21. The maximum atomic E-state index is 12.5. The molecule has 3 aromatic rings. The molecule has 1 amide bonds. The number of carbonyl (C=O) groups excluding carboxylic acids is 2. The molecule has 2 aromatic heterocycles. The van der Waals surface area contributed by atoms with Gasteiger partial charge in [0, 0.05) is 17.5 Å². The van der Waals surface area contributed by atoms with Gasteiger partial charge < -0.3 is 14.4 Å². The van der Waals surface area contributed by atoms with Gasteiger partial charge in [0.05, 0.1) is 27.0 Å². The zero-order valence-corrected chi connectivity index (χ0v) is 16.7. The van der Waals surface area contributed by atoms with Gasteiger partial charge in [0.1, 0.15) is 12.3 Å². The van der Waals surface area contributed by atoms with Crippen molar-refractivity contribution in [2.24, 2.45) is 0 Å². The van der Waals surface area contributed by atoms with Crippen molar-refractivity contribution in [2.75, 3.05) is 20.3 Å². The van der Waals surface area contributed by atoms with Crippen molar-refractivity contribution in [2.45, 2.75) is 26.8 Å². The van der Waals surface area contributed by atoms with Crippen LogP contribution in [0.3, 0.4) is 0 Å². The molecule has 6 nitrogen and oxygen atoms in total. The SMILES string of the molecule is COC(=O)CN(C(=O)COc1cc2sc(C)nc2c2sccc12)C(C)C. The van der Waals surface area contributed by atoms with Gasteiger partial charge in [0.25, 0.3) is 5.91 Å². The van der Waals surface area contributed by atoms with E-state index in [1.165, 1.54) is 12.0 Å². The molecule has 0 atom stereocenters. The molecule has 1 aromatic carbocycles. The van der Waals surface area contributed by atoms with Crippen LogP contribution >= 0.6 is 22.7 Å². The average Bonchev–Trinajstić information content (AvgIpc) is 3.22. The van der Waals surface area contributed by atoms with Gasteiger partial charge in [0.15, 0.2) is 6.61 Å². The van der Waals surface area contributed by atoms with Crippen LogP contribution in [0.4, 0.5) is 0 Å². The first-order valence-corrected chi connectivity index (χ1v) is 9.86.